The Labute approximate surface area is 138 Å². The Morgan fingerprint density at radius 3 is 2.52 bits per heavy atom. The quantitative estimate of drug-likeness (QED) is 0.402. The molecule has 2 aromatic heterocycles. The molecule has 0 amide bonds. The van der Waals surface area contributed by atoms with E-state index in [1.165, 1.54) is 18.5 Å². The largest absolute Gasteiger partial charge is 0.506 e. The predicted molar refractivity (Wildman–Crippen MR) is 85.2 cm³/mol. The first-order valence-electron chi connectivity index (χ1n) is 7.28. The second-order valence-corrected chi connectivity index (χ2v) is 5.71. The van der Waals surface area contributed by atoms with Crippen LogP contribution in [0.2, 0.25) is 0 Å². The lowest BCUT2D eigenvalue weighted by Crippen LogP contribution is -1.97. The van der Waals surface area contributed by atoms with Crippen molar-refractivity contribution in [2.45, 2.75) is 0 Å². The molecule has 0 saturated carbocycles. The maximum absolute atomic E-state index is 14.4. The van der Waals surface area contributed by atoms with Crippen LogP contribution in [0.25, 0.3) is 32.9 Å². The molecule has 2 heterocycles. The van der Waals surface area contributed by atoms with E-state index >= 15 is 0 Å². The average molecular weight is 346 g/mol. The Balaban J connectivity index is 2.19. The summed E-state index contributed by atoms with van der Waals surface area (Å²) in [7, 11) is 1.67. The number of nitrogens with zero attached hydrogens (tertiary/aromatic N) is 2. The molecule has 1 N–H and O–H groups in total. The van der Waals surface area contributed by atoms with E-state index in [9.17, 15) is 22.7 Å². The molecule has 2 aromatic carbocycles. The number of hydrogen-bond donors (Lipinski definition) is 1. The van der Waals surface area contributed by atoms with Crippen LogP contribution in [0.15, 0.2) is 36.7 Å². The van der Waals surface area contributed by atoms with Gasteiger partial charge in [0.2, 0.25) is 0 Å². The standard InChI is InChI=1S/C18H10F4N2O/c1-24-7-14(25)11-6-23-17-9(18(11)24)2-3-12(20)15(17)10-4-8(19)5-13(21)16(10)22/h2-7,25H,1H3. The van der Waals surface area contributed by atoms with Crippen molar-refractivity contribution < 1.29 is 22.7 Å². The molecular formula is C18H10F4N2O. The highest BCUT2D eigenvalue weighted by molar-refractivity contribution is 6.10. The molecule has 3 nitrogen and oxygen atoms in total. The maximum Gasteiger partial charge on any atom is 0.167 e. The van der Waals surface area contributed by atoms with Crippen molar-refractivity contribution in [1.82, 2.24) is 9.55 Å². The summed E-state index contributed by atoms with van der Waals surface area (Å²) in [6.07, 6.45) is 2.76. The monoisotopic (exact) mass is 346 g/mol. The minimum absolute atomic E-state index is 0.0132. The molecule has 7 heteroatoms. The van der Waals surface area contributed by atoms with Crippen LogP contribution in [0, 0.1) is 23.3 Å². The first-order chi connectivity index (χ1) is 11.9. The smallest absolute Gasteiger partial charge is 0.167 e. The minimum atomic E-state index is -1.41. The van der Waals surface area contributed by atoms with Gasteiger partial charge in [-0.25, -0.2) is 17.6 Å². The molecule has 126 valence electrons. The van der Waals surface area contributed by atoms with Gasteiger partial charge in [-0.3, -0.25) is 4.98 Å². The van der Waals surface area contributed by atoms with Gasteiger partial charge in [0, 0.05) is 42.0 Å². The van der Waals surface area contributed by atoms with E-state index in [1.807, 2.05) is 0 Å². The normalized spacial score (nSPS) is 11.6. The summed E-state index contributed by atoms with van der Waals surface area (Å²) in [6.45, 7) is 0. The number of hydrogen-bond acceptors (Lipinski definition) is 2. The Kier molecular flexibility index (Phi) is 3.21. The summed E-state index contributed by atoms with van der Waals surface area (Å²) >= 11 is 0. The molecule has 4 aromatic rings. The number of benzene rings is 2. The first-order valence-corrected chi connectivity index (χ1v) is 7.28. The number of fused-ring (bicyclic) bond motifs is 3. The highest BCUT2D eigenvalue weighted by Crippen LogP contribution is 2.38. The Hall–Kier alpha value is -3.09. The molecule has 0 unspecified atom stereocenters. The molecule has 0 aliphatic heterocycles. The van der Waals surface area contributed by atoms with Gasteiger partial charge in [-0.1, -0.05) is 0 Å². The zero-order chi connectivity index (χ0) is 17.9. The van der Waals surface area contributed by atoms with Gasteiger partial charge in [-0.2, -0.15) is 0 Å². The van der Waals surface area contributed by atoms with Crippen molar-refractivity contribution in [1.29, 1.82) is 0 Å². The van der Waals surface area contributed by atoms with Gasteiger partial charge in [-0.15, -0.1) is 0 Å². The number of halogens is 4. The summed E-state index contributed by atoms with van der Waals surface area (Å²) < 4.78 is 57.4. The fourth-order valence-electron chi connectivity index (χ4n) is 3.11. The molecule has 0 spiro atoms. The number of aryl methyl sites for hydroxylation is 1. The van der Waals surface area contributed by atoms with Crippen molar-refractivity contribution in [3.05, 3.63) is 59.9 Å². The zero-order valence-corrected chi connectivity index (χ0v) is 12.8. The molecule has 0 aliphatic carbocycles. The maximum atomic E-state index is 14.4. The van der Waals surface area contributed by atoms with E-state index in [0.29, 0.717) is 22.4 Å². The lowest BCUT2D eigenvalue weighted by Gasteiger charge is -2.11. The molecule has 0 aliphatic rings. The second-order valence-electron chi connectivity index (χ2n) is 5.71. The minimum Gasteiger partial charge on any atom is -0.506 e. The van der Waals surface area contributed by atoms with Gasteiger partial charge < -0.3 is 9.67 Å². The van der Waals surface area contributed by atoms with Gasteiger partial charge >= 0.3 is 0 Å². The predicted octanol–water partition coefficient (Wildman–Crippen LogP) is 4.66. The van der Waals surface area contributed by atoms with Gasteiger partial charge in [0.25, 0.3) is 0 Å². The first kappa shape index (κ1) is 15.4. The van der Waals surface area contributed by atoms with Crippen LogP contribution >= 0.6 is 0 Å². The van der Waals surface area contributed by atoms with Gasteiger partial charge in [0.1, 0.15) is 17.4 Å². The van der Waals surface area contributed by atoms with Gasteiger partial charge in [-0.05, 0) is 18.2 Å². The fraction of sp³-hybridized carbons (Fsp3) is 0.0556. The third-order valence-corrected chi connectivity index (χ3v) is 4.17. The Bertz CT molecular complexity index is 1170. The highest BCUT2D eigenvalue weighted by Gasteiger charge is 2.21. The number of pyridine rings is 1. The van der Waals surface area contributed by atoms with Crippen molar-refractivity contribution >= 4 is 21.8 Å². The van der Waals surface area contributed by atoms with Crippen molar-refractivity contribution in [2.75, 3.05) is 0 Å². The van der Waals surface area contributed by atoms with E-state index in [1.54, 1.807) is 11.6 Å². The van der Waals surface area contributed by atoms with Gasteiger partial charge in [0.05, 0.1) is 16.4 Å². The summed E-state index contributed by atoms with van der Waals surface area (Å²) in [5.74, 6) is -4.67. The third-order valence-electron chi connectivity index (χ3n) is 4.17. The van der Waals surface area contributed by atoms with Crippen LogP contribution in [-0.2, 0) is 7.05 Å². The van der Waals surface area contributed by atoms with E-state index in [0.717, 1.165) is 12.1 Å². The van der Waals surface area contributed by atoms with Crippen LogP contribution in [0.1, 0.15) is 0 Å². The van der Waals surface area contributed by atoms with E-state index < -0.39 is 28.8 Å². The second kappa shape index (κ2) is 5.20. The van der Waals surface area contributed by atoms with Crippen LogP contribution in [0.3, 0.4) is 0 Å². The Morgan fingerprint density at radius 2 is 1.76 bits per heavy atom. The van der Waals surface area contributed by atoms with Crippen LogP contribution in [0.4, 0.5) is 17.6 Å². The SMILES string of the molecule is Cn1cc(O)c2cnc3c(-c4cc(F)cc(F)c4F)c(F)ccc3c21. The molecule has 0 fully saturated rings. The molecule has 0 atom stereocenters. The van der Waals surface area contributed by atoms with E-state index in [2.05, 4.69) is 4.98 Å². The van der Waals surface area contributed by atoms with Crippen LogP contribution in [0.5, 0.6) is 5.75 Å². The number of aromatic nitrogens is 2. The molecular weight excluding hydrogens is 336 g/mol. The molecule has 0 radical (unpaired) electrons. The summed E-state index contributed by atoms with van der Waals surface area (Å²) in [5, 5.41) is 10.8. The van der Waals surface area contributed by atoms with Crippen LogP contribution in [-0.4, -0.2) is 14.7 Å². The van der Waals surface area contributed by atoms with E-state index in [4.69, 9.17) is 0 Å². The lowest BCUT2D eigenvalue weighted by molar-refractivity contribution is 0.479. The molecule has 25 heavy (non-hydrogen) atoms. The van der Waals surface area contributed by atoms with Crippen molar-refractivity contribution in [3.63, 3.8) is 0 Å². The lowest BCUT2D eigenvalue weighted by atomic mass is 9.99. The highest BCUT2D eigenvalue weighted by atomic mass is 19.2. The Morgan fingerprint density at radius 1 is 1.00 bits per heavy atom. The topological polar surface area (TPSA) is 38.0 Å². The third kappa shape index (κ3) is 2.15. The summed E-state index contributed by atoms with van der Waals surface area (Å²) in [4.78, 5) is 4.10. The molecule has 4 rings (SSSR count). The summed E-state index contributed by atoms with van der Waals surface area (Å²) in [5.41, 5.74) is -0.305. The number of aromatic hydroxyl groups is 1. The van der Waals surface area contributed by atoms with Crippen LogP contribution < -0.4 is 0 Å². The van der Waals surface area contributed by atoms with Crippen molar-refractivity contribution in [3.8, 4) is 16.9 Å². The summed E-state index contributed by atoms with van der Waals surface area (Å²) in [6, 6.07) is 3.62. The fourth-order valence-corrected chi connectivity index (χ4v) is 3.11. The molecule has 0 saturated heterocycles. The molecule has 0 bridgehead atoms. The number of rotatable bonds is 1. The zero-order valence-electron chi connectivity index (χ0n) is 12.8. The average Bonchev–Trinajstić information content (AvgIpc) is 2.85. The van der Waals surface area contributed by atoms with Crippen molar-refractivity contribution in [2.24, 2.45) is 7.05 Å². The van der Waals surface area contributed by atoms with Gasteiger partial charge in [0.15, 0.2) is 11.6 Å². The van der Waals surface area contributed by atoms with E-state index in [-0.39, 0.29) is 16.8 Å².